The van der Waals surface area contributed by atoms with Gasteiger partial charge in [0.15, 0.2) is 6.61 Å². The molecule has 168 valence electrons. The molecule has 1 N–H and O–H groups in total. The monoisotopic (exact) mass is 465 g/mol. The van der Waals surface area contributed by atoms with Crippen molar-refractivity contribution in [1.29, 1.82) is 0 Å². The number of carbonyl (C=O) groups is 1. The van der Waals surface area contributed by atoms with Gasteiger partial charge >= 0.3 is 5.97 Å². The van der Waals surface area contributed by atoms with Crippen LogP contribution < -0.4 is 9.46 Å². The number of hydrogen-bond acceptors (Lipinski definition) is 8. The van der Waals surface area contributed by atoms with Crippen molar-refractivity contribution in [3.05, 3.63) is 90.3 Å². The topological polar surface area (TPSA) is 121 Å². The van der Waals surface area contributed by atoms with Gasteiger partial charge in [-0.1, -0.05) is 41.6 Å². The number of carbonyl (C=O) groups excluding carboxylic acids is 1. The van der Waals surface area contributed by atoms with E-state index in [4.69, 9.17) is 14.0 Å². The van der Waals surface area contributed by atoms with Gasteiger partial charge in [-0.25, -0.2) is 13.2 Å². The largest absolute Gasteiger partial charge is 0.497 e. The standard InChI is InChI=1S/C23H19N3O6S/c1-30-19-10-6-7-16(14-19)22-24-21(32-25-22)15-31-23(27)17-8-5-9-18(13-17)26-33(28,29)20-11-3-2-4-12-20/h2-14,26H,15H2,1H3. The Morgan fingerprint density at radius 3 is 2.58 bits per heavy atom. The minimum atomic E-state index is -3.78. The summed E-state index contributed by atoms with van der Waals surface area (Å²) in [5, 5.41) is 3.89. The lowest BCUT2D eigenvalue weighted by molar-refractivity contribution is 0.0430. The third kappa shape index (κ3) is 5.36. The molecule has 4 aromatic rings. The van der Waals surface area contributed by atoms with Crippen LogP contribution in [0.25, 0.3) is 11.4 Å². The number of anilines is 1. The molecule has 0 bridgehead atoms. The molecule has 10 heteroatoms. The number of hydrogen-bond donors (Lipinski definition) is 1. The van der Waals surface area contributed by atoms with E-state index in [2.05, 4.69) is 14.9 Å². The molecule has 1 heterocycles. The van der Waals surface area contributed by atoms with Crippen LogP contribution in [0.3, 0.4) is 0 Å². The van der Waals surface area contributed by atoms with E-state index in [0.717, 1.165) is 0 Å². The Labute approximate surface area is 190 Å². The minimum Gasteiger partial charge on any atom is -0.497 e. The van der Waals surface area contributed by atoms with Crippen LogP contribution in [0.1, 0.15) is 16.2 Å². The highest BCUT2D eigenvalue weighted by molar-refractivity contribution is 7.92. The molecular weight excluding hydrogens is 446 g/mol. The first-order valence-electron chi connectivity index (χ1n) is 9.77. The third-order valence-corrected chi connectivity index (χ3v) is 5.92. The van der Waals surface area contributed by atoms with E-state index in [1.54, 1.807) is 55.6 Å². The van der Waals surface area contributed by atoms with Crippen molar-refractivity contribution in [3.63, 3.8) is 0 Å². The maximum absolute atomic E-state index is 12.5. The number of sulfonamides is 1. The van der Waals surface area contributed by atoms with E-state index in [1.807, 2.05) is 0 Å². The number of rotatable bonds is 8. The Hall–Kier alpha value is -4.18. The first kappa shape index (κ1) is 22.0. The molecule has 4 rings (SSSR count). The van der Waals surface area contributed by atoms with Crippen LogP contribution in [0.5, 0.6) is 5.75 Å². The summed E-state index contributed by atoms with van der Waals surface area (Å²) in [5.74, 6) is 0.421. The summed E-state index contributed by atoms with van der Waals surface area (Å²) >= 11 is 0. The van der Waals surface area contributed by atoms with Crippen LogP contribution in [0, 0.1) is 0 Å². The SMILES string of the molecule is COc1cccc(-c2noc(COC(=O)c3cccc(NS(=O)(=O)c4ccccc4)c3)n2)c1. The molecule has 0 spiro atoms. The van der Waals surface area contributed by atoms with Crippen molar-refractivity contribution < 1.29 is 27.2 Å². The van der Waals surface area contributed by atoms with Crippen molar-refractivity contribution in [2.75, 3.05) is 11.8 Å². The highest BCUT2D eigenvalue weighted by Gasteiger charge is 2.16. The minimum absolute atomic E-state index is 0.112. The van der Waals surface area contributed by atoms with Crippen LogP contribution in [0.15, 0.2) is 88.3 Å². The molecule has 0 saturated heterocycles. The van der Waals surface area contributed by atoms with E-state index >= 15 is 0 Å². The molecule has 3 aromatic carbocycles. The summed E-state index contributed by atoms with van der Waals surface area (Å²) in [6.07, 6.45) is 0. The predicted octanol–water partition coefficient (Wildman–Crippen LogP) is 3.90. The first-order chi connectivity index (χ1) is 15.9. The Morgan fingerprint density at radius 2 is 1.79 bits per heavy atom. The molecule has 9 nitrogen and oxygen atoms in total. The average molecular weight is 465 g/mol. The molecule has 0 amide bonds. The van der Waals surface area contributed by atoms with E-state index in [9.17, 15) is 13.2 Å². The summed E-state index contributed by atoms with van der Waals surface area (Å²) in [6.45, 7) is -0.240. The smallest absolute Gasteiger partial charge is 0.338 e. The lowest BCUT2D eigenvalue weighted by atomic mass is 10.2. The summed E-state index contributed by atoms with van der Waals surface area (Å²) < 4.78 is 43.0. The maximum Gasteiger partial charge on any atom is 0.338 e. The first-order valence-corrected chi connectivity index (χ1v) is 11.2. The van der Waals surface area contributed by atoms with Gasteiger partial charge in [0.2, 0.25) is 5.82 Å². The molecule has 0 radical (unpaired) electrons. The van der Waals surface area contributed by atoms with Gasteiger partial charge in [0.1, 0.15) is 5.75 Å². The quantitative estimate of drug-likeness (QED) is 0.389. The maximum atomic E-state index is 12.5. The number of esters is 1. The average Bonchev–Trinajstić information content (AvgIpc) is 3.32. The van der Waals surface area contributed by atoms with Crippen LogP contribution in [0.4, 0.5) is 5.69 Å². The van der Waals surface area contributed by atoms with Crippen LogP contribution in [-0.2, 0) is 21.4 Å². The van der Waals surface area contributed by atoms with Crippen LogP contribution in [-0.4, -0.2) is 31.6 Å². The molecule has 1 aromatic heterocycles. The predicted molar refractivity (Wildman–Crippen MR) is 119 cm³/mol. The molecule has 0 aliphatic heterocycles. The fourth-order valence-electron chi connectivity index (χ4n) is 2.93. The number of aromatic nitrogens is 2. The molecule has 0 aliphatic carbocycles. The summed E-state index contributed by atoms with van der Waals surface area (Å²) in [7, 11) is -2.23. The van der Waals surface area contributed by atoms with Crippen molar-refractivity contribution in [1.82, 2.24) is 10.1 Å². The second-order valence-corrected chi connectivity index (χ2v) is 8.50. The van der Waals surface area contributed by atoms with Crippen molar-refractivity contribution in [2.45, 2.75) is 11.5 Å². The molecule has 0 fully saturated rings. The zero-order valence-corrected chi connectivity index (χ0v) is 18.3. The normalized spacial score (nSPS) is 11.1. The molecule has 0 unspecified atom stereocenters. The van der Waals surface area contributed by atoms with E-state index in [0.29, 0.717) is 17.1 Å². The van der Waals surface area contributed by atoms with Gasteiger partial charge < -0.3 is 14.0 Å². The lowest BCUT2D eigenvalue weighted by Gasteiger charge is -2.09. The Morgan fingerprint density at radius 1 is 1.00 bits per heavy atom. The van der Waals surface area contributed by atoms with Gasteiger partial charge in [-0.15, -0.1) is 0 Å². The Kier molecular flexibility index (Phi) is 6.36. The lowest BCUT2D eigenvalue weighted by Crippen LogP contribution is -2.13. The number of methoxy groups -OCH3 is 1. The molecule has 0 aliphatic rings. The van der Waals surface area contributed by atoms with Gasteiger partial charge in [-0.05, 0) is 42.5 Å². The second kappa shape index (κ2) is 9.53. The number of ether oxygens (including phenoxy) is 2. The molecule has 33 heavy (non-hydrogen) atoms. The highest BCUT2D eigenvalue weighted by atomic mass is 32.2. The van der Waals surface area contributed by atoms with Gasteiger partial charge in [-0.2, -0.15) is 4.98 Å². The fraction of sp³-hybridized carbons (Fsp3) is 0.0870. The summed E-state index contributed by atoms with van der Waals surface area (Å²) in [4.78, 5) is 16.8. The number of nitrogens with one attached hydrogen (secondary N) is 1. The fourth-order valence-corrected chi connectivity index (χ4v) is 4.00. The number of nitrogens with zero attached hydrogens (tertiary/aromatic N) is 2. The van der Waals surface area contributed by atoms with Crippen LogP contribution in [0.2, 0.25) is 0 Å². The van der Waals surface area contributed by atoms with Crippen LogP contribution >= 0.6 is 0 Å². The van der Waals surface area contributed by atoms with E-state index in [1.165, 1.54) is 30.3 Å². The Balaban J connectivity index is 1.41. The van der Waals surface area contributed by atoms with Crippen molar-refractivity contribution in [3.8, 4) is 17.1 Å². The Bertz CT molecular complexity index is 1370. The molecule has 0 saturated carbocycles. The zero-order valence-electron chi connectivity index (χ0n) is 17.5. The second-order valence-electron chi connectivity index (χ2n) is 6.82. The van der Waals surface area contributed by atoms with Gasteiger partial charge in [0, 0.05) is 11.3 Å². The molecular formula is C23H19N3O6S. The van der Waals surface area contributed by atoms with E-state index < -0.39 is 16.0 Å². The zero-order chi connectivity index (χ0) is 23.3. The summed E-state index contributed by atoms with van der Waals surface area (Å²) in [5.41, 5.74) is 1.08. The third-order valence-electron chi connectivity index (χ3n) is 4.53. The van der Waals surface area contributed by atoms with Crippen molar-refractivity contribution >= 4 is 21.7 Å². The highest BCUT2D eigenvalue weighted by Crippen LogP contribution is 2.22. The summed E-state index contributed by atoms with van der Waals surface area (Å²) in [6, 6.07) is 21.0. The van der Waals surface area contributed by atoms with Gasteiger partial charge in [-0.3, -0.25) is 4.72 Å². The van der Waals surface area contributed by atoms with Gasteiger partial charge in [0.05, 0.1) is 17.6 Å². The van der Waals surface area contributed by atoms with Crippen molar-refractivity contribution in [2.24, 2.45) is 0 Å². The van der Waals surface area contributed by atoms with E-state index in [-0.39, 0.29) is 28.6 Å². The number of benzene rings is 3. The van der Waals surface area contributed by atoms with Gasteiger partial charge in [0.25, 0.3) is 15.9 Å². The molecule has 0 atom stereocenters.